The number of aromatic nitrogens is 1. The monoisotopic (exact) mass is 399 g/mol. The highest BCUT2D eigenvalue weighted by Gasteiger charge is 2.26. The van der Waals surface area contributed by atoms with Crippen LogP contribution in [0.25, 0.3) is 0 Å². The predicted octanol–water partition coefficient (Wildman–Crippen LogP) is 4.10. The molecule has 1 aromatic heterocycles. The van der Waals surface area contributed by atoms with Crippen LogP contribution in [0.15, 0.2) is 35.3 Å². The molecule has 0 saturated carbocycles. The Hall–Kier alpha value is -2.13. The molecule has 138 valence electrons. The summed E-state index contributed by atoms with van der Waals surface area (Å²) in [5.74, 6) is 1.07. The van der Waals surface area contributed by atoms with Crippen molar-refractivity contribution in [3.05, 3.63) is 57.3 Å². The molecule has 1 aromatic carbocycles. The maximum absolute atomic E-state index is 9.09. The summed E-state index contributed by atoms with van der Waals surface area (Å²) in [6, 6.07) is 11.7. The molecule has 0 bridgehead atoms. The number of nitriles is 1. The fraction of sp³-hybridized carbons (Fsp3) is 0.350. The van der Waals surface area contributed by atoms with Crippen LogP contribution in [0.2, 0.25) is 10.2 Å². The van der Waals surface area contributed by atoms with Crippen LogP contribution in [0.4, 0.5) is 5.69 Å². The molecule has 1 saturated heterocycles. The topological polar surface area (TPSA) is 64.3 Å². The number of hydrogen-bond acceptors (Lipinski definition) is 5. The number of amidine groups is 1. The minimum absolute atomic E-state index is 0.367. The third-order valence-corrected chi connectivity index (χ3v) is 5.39. The number of pyridine rings is 1. The highest BCUT2D eigenvalue weighted by Crippen LogP contribution is 2.28. The molecule has 0 aliphatic carbocycles. The largest absolute Gasteiger partial charge is 0.358 e. The molecular formula is C20H19Cl2N5. The highest BCUT2D eigenvalue weighted by atomic mass is 35.5. The van der Waals surface area contributed by atoms with Crippen molar-refractivity contribution in [2.75, 3.05) is 13.1 Å². The van der Waals surface area contributed by atoms with Crippen molar-refractivity contribution in [2.24, 2.45) is 4.99 Å². The Morgan fingerprint density at radius 3 is 3.00 bits per heavy atom. The van der Waals surface area contributed by atoms with Gasteiger partial charge in [0.1, 0.15) is 11.0 Å². The lowest BCUT2D eigenvalue weighted by Gasteiger charge is -2.34. The average Bonchev–Trinajstić information content (AvgIpc) is 3.09. The second-order valence-electron chi connectivity index (χ2n) is 6.93. The third kappa shape index (κ3) is 4.24. The summed E-state index contributed by atoms with van der Waals surface area (Å²) in [5.41, 5.74) is 3.50. The summed E-state index contributed by atoms with van der Waals surface area (Å²) in [6.07, 6.45) is 2.97. The van der Waals surface area contributed by atoms with Gasteiger partial charge < -0.3 is 10.2 Å². The molecule has 2 aliphatic heterocycles. The molecule has 27 heavy (non-hydrogen) atoms. The van der Waals surface area contributed by atoms with E-state index in [4.69, 9.17) is 33.5 Å². The molecule has 0 spiro atoms. The van der Waals surface area contributed by atoms with Crippen molar-refractivity contribution >= 4 is 34.7 Å². The van der Waals surface area contributed by atoms with E-state index in [0.717, 1.165) is 55.1 Å². The number of aliphatic imine (C=N–C) groups is 1. The SMILES string of the molecule is N#Cc1cc(Cl)cc(CN[C@H]2CCCN(C3=Nc4ccc(Cl)nc4C3)C2)c1. The van der Waals surface area contributed by atoms with Crippen molar-refractivity contribution in [3.8, 4) is 6.07 Å². The van der Waals surface area contributed by atoms with Crippen LogP contribution in [0, 0.1) is 11.3 Å². The third-order valence-electron chi connectivity index (χ3n) is 4.96. The Kier molecular flexibility index (Phi) is 5.31. The van der Waals surface area contributed by atoms with Crippen molar-refractivity contribution in [2.45, 2.75) is 31.8 Å². The van der Waals surface area contributed by atoms with Crippen LogP contribution in [0.5, 0.6) is 0 Å². The Balaban J connectivity index is 1.38. The van der Waals surface area contributed by atoms with Crippen LogP contribution >= 0.6 is 23.2 Å². The molecule has 2 aliphatic rings. The van der Waals surface area contributed by atoms with Gasteiger partial charge in [0.25, 0.3) is 0 Å². The predicted molar refractivity (Wildman–Crippen MR) is 108 cm³/mol. The summed E-state index contributed by atoms with van der Waals surface area (Å²) in [7, 11) is 0. The Labute approximate surface area is 168 Å². The summed E-state index contributed by atoms with van der Waals surface area (Å²) in [5, 5.41) is 13.8. The van der Waals surface area contributed by atoms with E-state index in [-0.39, 0.29) is 0 Å². The van der Waals surface area contributed by atoms with Gasteiger partial charge in [0, 0.05) is 30.7 Å². The summed E-state index contributed by atoms with van der Waals surface area (Å²) in [6.45, 7) is 2.61. The quantitative estimate of drug-likeness (QED) is 0.788. The van der Waals surface area contributed by atoms with Gasteiger partial charge in [0.05, 0.1) is 29.4 Å². The molecule has 0 radical (unpaired) electrons. The smallest absolute Gasteiger partial charge is 0.129 e. The van der Waals surface area contributed by atoms with Gasteiger partial charge in [-0.25, -0.2) is 9.98 Å². The first kappa shape index (κ1) is 18.2. The van der Waals surface area contributed by atoms with E-state index < -0.39 is 0 Å². The first-order valence-electron chi connectivity index (χ1n) is 9.01. The standard InChI is InChI=1S/C20H19Cl2N5/c21-15-7-13(10-23)6-14(8-15)11-24-16-2-1-5-27(12-16)20-9-18-17(26-20)3-4-19(22)25-18/h3-4,6-8,16,24H,1-2,5,9,11-12H2/t16-/m0/s1. The zero-order valence-electron chi connectivity index (χ0n) is 14.8. The van der Waals surface area contributed by atoms with Crippen LogP contribution < -0.4 is 5.32 Å². The van der Waals surface area contributed by atoms with E-state index in [9.17, 15) is 0 Å². The maximum Gasteiger partial charge on any atom is 0.129 e. The van der Waals surface area contributed by atoms with Gasteiger partial charge in [-0.15, -0.1) is 0 Å². The van der Waals surface area contributed by atoms with Crippen molar-refractivity contribution < 1.29 is 0 Å². The van der Waals surface area contributed by atoms with Gasteiger partial charge >= 0.3 is 0 Å². The van der Waals surface area contributed by atoms with E-state index >= 15 is 0 Å². The molecule has 4 rings (SSSR count). The highest BCUT2D eigenvalue weighted by molar-refractivity contribution is 6.30. The van der Waals surface area contributed by atoms with Crippen LogP contribution in [0.3, 0.4) is 0 Å². The first-order valence-corrected chi connectivity index (χ1v) is 9.77. The summed E-state index contributed by atoms with van der Waals surface area (Å²) in [4.78, 5) is 11.5. The minimum Gasteiger partial charge on any atom is -0.358 e. The van der Waals surface area contributed by atoms with Gasteiger partial charge in [-0.1, -0.05) is 23.2 Å². The molecule has 7 heteroatoms. The zero-order chi connectivity index (χ0) is 18.8. The maximum atomic E-state index is 9.09. The molecule has 1 atom stereocenters. The fourth-order valence-electron chi connectivity index (χ4n) is 3.67. The molecule has 2 aromatic rings. The number of likely N-dealkylation sites (tertiary alicyclic amines) is 1. The minimum atomic E-state index is 0.367. The number of benzene rings is 1. The number of piperidine rings is 1. The van der Waals surface area contributed by atoms with Gasteiger partial charge in [0.2, 0.25) is 0 Å². The van der Waals surface area contributed by atoms with E-state index in [2.05, 4.69) is 21.3 Å². The number of nitrogens with one attached hydrogen (secondary N) is 1. The Morgan fingerprint density at radius 2 is 2.15 bits per heavy atom. The molecular weight excluding hydrogens is 381 g/mol. The van der Waals surface area contributed by atoms with Gasteiger partial charge in [-0.3, -0.25) is 0 Å². The van der Waals surface area contributed by atoms with Gasteiger partial charge in [0.15, 0.2) is 0 Å². The Morgan fingerprint density at radius 1 is 1.26 bits per heavy atom. The van der Waals surface area contributed by atoms with E-state index in [1.807, 2.05) is 18.2 Å². The second kappa shape index (κ2) is 7.85. The number of hydrogen-bond donors (Lipinski definition) is 1. The van der Waals surface area contributed by atoms with E-state index in [0.29, 0.717) is 28.3 Å². The molecule has 5 nitrogen and oxygen atoms in total. The Bertz CT molecular complexity index is 934. The lowest BCUT2D eigenvalue weighted by molar-refractivity contribution is 0.273. The lowest BCUT2D eigenvalue weighted by atomic mass is 10.0. The normalized spacial score (nSPS) is 18.8. The summed E-state index contributed by atoms with van der Waals surface area (Å²) >= 11 is 12.1. The second-order valence-corrected chi connectivity index (χ2v) is 7.75. The number of fused-ring (bicyclic) bond motifs is 1. The van der Waals surface area contributed by atoms with Gasteiger partial charge in [-0.05, 0) is 48.7 Å². The van der Waals surface area contributed by atoms with E-state index in [1.54, 1.807) is 12.1 Å². The van der Waals surface area contributed by atoms with Crippen molar-refractivity contribution in [1.82, 2.24) is 15.2 Å². The average molecular weight is 400 g/mol. The van der Waals surface area contributed by atoms with Crippen molar-refractivity contribution in [1.29, 1.82) is 5.26 Å². The molecule has 3 heterocycles. The summed E-state index contributed by atoms with van der Waals surface area (Å²) < 4.78 is 0. The number of nitrogens with zero attached hydrogens (tertiary/aromatic N) is 4. The zero-order valence-corrected chi connectivity index (χ0v) is 16.3. The lowest BCUT2D eigenvalue weighted by Crippen LogP contribution is -2.47. The molecule has 1 fully saturated rings. The number of halogens is 2. The van der Waals surface area contributed by atoms with E-state index in [1.165, 1.54) is 0 Å². The first-order chi connectivity index (χ1) is 13.1. The molecule has 0 unspecified atom stereocenters. The van der Waals surface area contributed by atoms with Crippen molar-refractivity contribution in [3.63, 3.8) is 0 Å². The molecule has 0 amide bonds. The molecule has 1 N–H and O–H groups in total. The van der Waals surface area contributed by atoms with Gasteiger partial charge in [-0.2, -0.15) is 5.26 Å². The number of rotatable bonds is 3. The van der Waals surface area contributed by atoms with Crippen LogP contribution in [-0.4, -0.2) is 34.9 Å². The van der Waals surface area contributed by atoms with Crippen LogP contribution in [0.1, 0.15) is 29.7 Å². The van der Waals surface area contributed by atoms with Crippen LogP contribution in [-0.2, 0) is 13.0 Å². The fourth-order valence-corrected chi connectivity index (χ4v) is 4.09.